The van der Waals surface area contributed by atoms with Gasteiger partial charge in [0.25, 0.3) is 0 Å². The van der Waals surface area contributed by atoms with Crippen LogP contribution < -0.4 is 10.4 Å². The minimum Gasteiger partial charge on any atom is -0.506 e. The van der Waals surface area contributed by atoms with Gasteiger partial charge in [-0.15, -0.1) is 0 Å². The summed E-state index contributed by atoms with van der Waals surface area (Å²) in [4.78, 5) is 16.2. The summed E-state index contributed by atoms with van der Waals surface area (Å²) in [7, 11) is 1.63. The lowest BCUT2D eigenvalue weighted by Crippen LogP contribution is -2.07. The highest BCUT2D eigenvalue weighted by atomic mass is 16.5. The Morgan fingerprint density at radius 1 is 1.17 bits per heavy atom. The molecule has 122 valence electrons. The summed E-state index contributed by atoms with van der Waals surface area (Å²) in [5.74, 6) is 0.705. The molecule has 1 N–H and O–H groups in total. The summed E-state index contributed by atoms with van der Waals surface area (Å²) in [6.45, 7) is 0.498. The summed E-state index contributed by atoms with van der Waals surface area (Å²) in [6, 6.07) is 14.6. The zero-order valence-corrected chi connectivity index (χ0v) is 13.2. The molecular weight excluding hydrogens is 306 g/mol. The van der Waals surface area contributed by atoms with E-state index in [0.717, 1.165) is 17.7 Å². The summed E-state index contributed by atoms with van der Waals surface area (Å²) in [6.07, 6.45) is 2.09. The molecule has 0 radical (unpaired) electrons. The van der Waals surface area contributed by atoms with E-state index in [-0.39, 0.29) is 11.3 Å². The summed E-state index contributed by atoms with van der Waals surface area (Å²) >= 11 is 0. The second kappa shape index (κ2) is 7.00. The Morgan fingerprint density at radius 2 is 1.92 bits per heavy atom. The zero-order chi connectivity index (χ0) is 16.9. The normalized spacial score (nSPS) is 11.2. The number of hydrogen-bond acceptors (Lipinski definition) is 5. The van der Waals surface area contributed by atoms with E-state index >= 15 is 0 Å². The zero-order valence-electron chi connectivity index (χ0n) is 13.2. The van der Waals surface area contributed by atoms with Crippen molar-refractivity contribution in [1.29, 1.82) is 0 Å². The first kappa shape index (κ1) is 15.8. The summed E-state index contributed by atoms with van der Waals surface area (Å²) in [5, 5.41) is 10.7. The molecule has 0 unspecified atom stereocenters. The number of aromatic hydroxyl groups is 1. The molecule has 0 aliphatic heterocycles. The van der Waals surface area contributed by atoms with E-state index in [1.807, 2.05) is 24.3 Å². The van der Waals surface area contributed by atoms with Crippen molar-refractivity contribution in [3.63, 3.8) is 0 Å². The Labute approximate surface area is 138 Å². The number of fused-ring (bicyclic) bond motifs is 1. The van der Waals surface area contributed by atoms with E-state index in [1.165, 1.54) is 6.21 Å². The molecule has 0 aliphatic rings. The van der Waals surface area contributed by atoms with Crippen LogP contribution in [0.1, 0.15) is 11.1 Å². The molecule has 5 nitrogen and oxygen atoms in total. The van der Waals surface area contributed by atoms with Gasteiger partial charge in [-0.2, -0.15) is 0 Å². The standard InChI is InChI=1S/C19H17NO4/c1-23-14-8-6-13(7-9-14)10-11-20-12-16-18(21)15-4-2-3-5-17(15)24-19(16)22/h2-9,12,21H,10-11H2,1H3. The van der Waals surface area contributed by atoms with Crippen LogP contribution in [0, 0.1) is 0 Å². The number of ether oxygens (including phenoxy) is 1. The van der Waals surface area contributed by atoms with Crippen molar-refractivity contribution in [2.24, 2.45) is 4.99 Å². The molecule has 3 aromatic rings. The van der Waals surface area contributed by atoms with Gasteiger partial charge < -0.3 is 14.3 Å². The maximum atomic E-state index is 12.0. The highest BCUT2D eigenvalue weighted by Crippen LogP contribution is 2.24. The molecule has 5 heteroatoms. The topological polar surface area (TPSA) is 72.0 Å². The van der Waals surface area contributed by atoms with Crippen LogP contribution in [0.4, 0.5) is 0 Å². The number of para-hydroxylation sites is 1. The van der Waals surface area contributed by atoms with Crippen molar-refractivity contribution in [3.05, 3.63) is 70.1 Å². The lowest BCUT2D eigenvalue weighted by atomic mass is 10.1. The van der Waals surface area contributed by atoms with Gasteiger partial charge in [0.2, 0.25) is 0 Å². The van der Waals surface area contributed by atoms with Crippen LogP contribution in [0.5, 0.6) is 11.5 Å². The molecule has 2 aromatic carbocycles. The molecule has 0 spiro atoms. The molecule has 1 heterocycles. The average molecular weight is 323 g/mol. The maximum absolute atomic E-state index is 12.0. The molecule has 0 bridgehead atoms. The van der Waals surface area contributed by atoms with Gasteiger partial charge in [-0.1, -0.05) is 24.3 Å². The largest absolute Gasteiger partial charge is 0.506 e. The van der Waals surface area contributed by atoms with Crippen LogP contribution in [-0.2, 0) is 6.42 Å². The van der Waals surface area contributed by atoms with Crippen LogP contribution in [0.25, 0.3) is 11.0 Å². The first-order valence-corrected chi connectivity index (χ1v) is 7.56. The fourth-order valence-electron chi connectivity index (χ4n) is 2.40. The minimum atomic E-state index is -0.598. The third-order valence-electron chi connectivity index (χ3n) is 3.73. The van der Waals surface area contributed by atoms with Gasteiger partial charge >= 0.3 is 5.63 Å². The van der Waals surface area contributed by atoms with E-state index in [0.29, 0.717) is 17.5 Å². The predicted molar refractivity (Wildman–Crippen MR) is 93.3 cm³/mol. The minimum absolute atomic E-state index is 0.0726. The Bertz CT molecular complexity index is 926. The van der Waals surface area contributed by atoms with Crippen LogP contribution in [-0.4, -0.2) is 25.0 Å². The fraction of sp³-hybridized carbons (Fsp3) is 0.158. The molecule has 0 saturated carbocycles. The highest BCUT2D eigenvalue weighted by Gasteiger charge is 2.11. The van der Waals surface area contributed by atoms with Crippen molar-refractivity contribution in [2.75, 3.05) is 13.7 Å². The molecule has 1 aromatic heterocycles. The maximum Gasteiger partial charge on any atom is 0.348 e. The van der Waals surface area contributed by atoms with E-state index in [2.05, 4.69) is 4.99 Å². The molecule has 0 saturated heterocycles. The van der Waals surface area contributed by atoms with Crippen molar-refractivity contribution in [2.45, 2.75) is 6.42 Å². The number of benzene rings is 2. The van der Waals surface area contributed by atoms with Gasteiger partial charge in [0.05, 0.1) is 12.5 Å². The SMILES string of the molecule is COc1ccc(CCN=Cc2c(O)c3ccccc3oc2=O)cc1. The average Bonchev–Trinajstić information content (AvgIpc) is 2.61. The molecular formula is C19H17NO4. The van der Waals surface area contributed by atoms with E-state index in [9.17, 15) is 9.90 Å². The second-order valence-electron chi connectivity index (χ2n) is 5.28. The quantitative estimate of drug-likeness (QED) is 0.578. The Morgan fingerprint density at radius 3 is 2.67 bits per heavy atom. The molecule has 24 heavy (non-hydrogen) atoms. The Balaban J connectivity index is 1.74. The third-order valence-corrected chi connectivity index (χ3v) is 3.73. The number of methoxy groups -OCH3 is 1. The summed E-state index contributed by atoms with van der Waals surface area (Å²) in [5.41, 5.74) is 0.945. The van der Waals surface area contributed by atoms with Gasteiger partial charge in [-0.05, 0) is 36.2 Å². The second-order valence-corrected chi connectivity index (χ2v) is 5.28. The van der Waals surface area contributed by atoms with Crippen LogP contribution in [0.15, 0.2) is 62.7 Å². The molecule has 0 fully saturated rings. The predicted octanol–water partition coefficient (Wildman–Crippen LogP) is 3.17. The first-order valence-electron chi connectivity index (χ1n) is 7.56. The van der Waals surface area contributed by atoms with Crippen molar-refractivity contribution >= 4 is 17.2 Å². The monoisotopic (exact) mass is 323 g/mol. The van der Waals surface area contributed by atoms with Crippen molar-refractivity contribution in [1.82, 2.24) is 0 Å². The van der Waals surface area contributed by atoms with E-state index < -0.39 is 5.63 Å². The lowest BCUT2D eigenvalue weighted by molar-refractivity contribution is 0.414. The fourth-order valence-corrected chi connectivity index (χ4v) is 2.40. The summed E-state index contributed by atoms with van der Waals surface area (Å²) < 4.78 is 10.3. The Kier molecular flexibility index (Phi) is 4.61. The number of hydrogen-bond donors (Lipinski definition) is 1. The van der Waals surface area contributed by atoms with E-state index in [1.54, 1.807) is 31.4 Å². The molecule has 0 atom stereocenters. The van der Waals surface area contributed by atoms with Crippen molar-refractivity contribution in [3.8, 4) is 11.5 Å². The van der Waals surface area contributed by atoms with Crippen LogP contribution in [0.2, 0.25) is 0 Å². The lowest BCUT2D eigenvalue weighted by Gasteiger charge is -2.03. The molecule has 3 rings (SSSR count). The smallest absolute Gasteiger partial charge is 0.348 e. The van der Waals surface area contributed by atoms with E-state index in [4.69, 9.17) is 9.15 Å². The molecule has 0 amide bonds. The number of nitrogens with zero attached hydrogens (tertiary/aromatic N) is 1. The third kappa shape index (κ3) is 3.30. The van der Waals surface area contributed by atoms with Gasteiger partial charge in [0.1, 0.15) is 22.6 Å². The van der Waals surface area contributed by atoms with Gasteiger partial charge in [-0.3, -0.25) is 4.99 Å². The number of rotatable bonds is 5. The van der Waals surface area contributed by atoms with Crippen LogP contribution >= 0.6 is 0 Å². The first-order chi connectivity index (χ1) is 11.7. The number of aliphatic imine (C=N–C) groups is 1. The van der Waals surface area contributed by atoms with Crippen molar-refractivity contribution < 1.29 is 14.3 Å². The highest BCUT2D eigenvalue weighted by molar-refractivity contribution is 5.93. The van der Waals surface area contributed by atoms with Gasteiger partial charge in [0, 0.05) is 12.8 Å². The van der Waals surface area contributed by atoms with Gasteiger partial charge in [0.15, 0.2) is 0 Å². The Hall–Kier alpha value is -3.08. The van der Waals surface area contributed by atoms with Gasteiger partial charge in [-0.25, -0.2) is 4.79 Å². The molecule has 0 aliphatic carbocycles. The van der Waals surface area contributed by atoms with Crippen LogP contribution in [0.3, 0.4) is 0 Å².